The Bertz CT molecular complexity index is 421. The Morgan fingerprint density at radius 3 is 2.84 bits per heavy atom. The van der Waals surface area contributed by atoms with E-state index in [1.54, 1.807) is 6.07 Å². The summed E-state index contributed by atoms with van der Waals surface area (Å²) in [5.74, 6) is 1.01. The van der Waals surface area contributed by atoms with E-state index in [1.165, 1.54) is 37.8 Å². The summed E-state index contributed by atoms with van der Waals surface area (Å²) in [6, 6.07) is 4.94. The molecule has 2 rings (SSSR count). The fraction of sp³-hybridized carbons (Fsp3) is 0.625. The van der Waals surface area contributed by atoms with Gasteiger partial charge in [0.1, 0.15) is 5.82 Å². The second kappa shape index (κ2) is 6.71. The molecule has 0 spiro atoms. The lowest BCUT2D eigenvalue weighted by Crippen LogP contribution is -2.37. The number of halogens is 2. The molecule has 1 aromatic carbocycles. The zero-order valence-corrected chi connectivity index (χ0v) is 12.3. The number of nitrogens with two attached hydrogens (primary N) is 1. The Morgan fingerprint density at radius 1 is 1.37 bits per heavy atom. The van der Waals surface area contributed by atoms with Crippen LogP contribution in [0.2, 0.25) is 5.02 Å². The van der Waals surface area contributed by atoms with Crippen LogP contribution in [0, 0.1) is 17.7 Å². The third-order valence-corrected chi connectivity index (χ3v) is 4.70. The van der Waals surface area contributed by atoms with Gasteiger partial charge in [-0.1, -0.05) is 37.4 Å². The molecule has 1 aliphatic carbocycles. The molecule has 1 nitrogen and oxygen atoms in total. The molecule has 1 aliphatic rings. The maximum absolute atomic E-state index is 13.1. The van der Waals surface area contributed by atoms with Crippen LogP contribution in [0.3, 0.4) is 0 Å². The van der Waals surface area contributed by atoms with E-state index < -0.39 is 0 Å². The van der Waals surface area contributed by atoms with E-state index in [0.29, 0.717) is 10.9 Å². The number of hydrogen-bond donors (Lipinski definition) is 1. The van der Waals surface area contributed by atoms with Crippen molar-refractivity contribution in [2.24, 2.45) is 17.6 Å². The second-order valence-electron chi connectivity index (χ2n) is 5.83. The number of rotatable bonds is 4. The smallest absolute Gasteiger partial charge is 0.124 e. The molecule has 1 fully saturated rings. The molecule has 3 unspecified atom stereocenters. The summed E-state index contributed by atoms with van der Waals surface area (Å²) in [4.78, 5) is 0. The summed E-state index contributed by atoms with van der Waals surface area (Å²) in [6.45, 7) is 2.24. The van der Waals surface area contributed by atoms with Gasteiger partial charge in [0.05, 0.1) is 0 Å². The first-order valence-electron chi connectivity index (χ1n) is 7.29. The van der Waals surface area contributed by atoms with Crippen LogP contribution in [0.4, 0.5) is 4.39 Å². The van der Waals surface area contributed by atoms with Crippen LogP contribution in [0.5, 0.6) is 0 Å². The van der Waals surface area contributed by atoms with Crippen LogP contribution in [0.15, 0.2) is 18.2 Å². The van der Waals surface area contributed by atoms with Crippen molar-refractivity contribution < 1.29 is 4.39 Å². The summed E-state index contributed by atoms with van der Waals surface area (Å²) >= 11 is 6.11. The summed E-state index contributed by atoms with van der Waals surface area (Å²) < 4.78 is 13.1. The SMILES string of the molecule is CCCC1CCC(N)C(Cc2ccc(F)cc2Cl)C1. The molecule has 0 aliphatic heterocycles. The first-order chi connectivity index (χ1) is 9.10. The molecular formula is C16H23ClFN. The minimum absolute atomic E-state index is 0.259. The third-order valence-electron chi connectivity index (χ3n) is 4.34. The molecule has 106 valence electrons. The first kappa shape index (κ1) is 14.8. The van der Waals surface area contributed by atoms with Crippen molar-refractivity contribution in [1.29, 1.82) is 0 Å². The molecule has 0 heterocycles. The monoisotopic (exact) mass is 283 g/mol. The molecule has 0 amide bonds. The van der Waals surface area contributed by atoms with Crippen molar-refractivity contribution in [2.75, 3.05) is 0 Å². The van der Waals surface area contributed by atoms with Crippen molar-refractivity contribution in [2.45, 2.75) is 51.5 Å². The van der Waals surface area contributed by atoms with Gasteiger partial charge in [-0.2, -0.15) is 0 Å². The Hall–Kier alpha value is -0.600. The van der Waals surface area contributed by atoms with Crippen molar-refractivity contribution in [3.63, 3.8) is 0 Å². The Labute approximate surface area is 120 Å². The highest BCUT2D eigenvalue weighted by Crippen LogP contribution is 2.34. The largest absolute Gasteiger partial charge is 0.327 e. The summed E-state index contributed by atoms with van der Waals surface area (Å²) in [7, 11) is 0. The van der Waals surface area contributed by atoms with Crippen molar-refractivity contribution in [1.82, 2.24) is 0 Å². The molecular weight excluding hydrogens is 261 g/mol. The standard InChI is InChI=1S/C16H23ClFN/c1-2-3-11-4-7-16(19)13(8-11)9-12-5-6-14(18)10-15(12)17/h5-6,10-11,13,16H,2-4,7-9,19H2,1H3. The lowest BCUT2D eigenvalue weighted by atomic mass is 9.74. The predicted octanol–water partition coefficient (Wildman–Crippen LogP) is 4.57. The number of hydrogen-bond acceptors (Lipinski definition) is 1. The second-order valence-corrected chi connectivity index (χ2v) is 6.24. The third kappa shape index (κ3) is 3.93. The van der Waals surface area contributed by atoms with Gasteiger partial charge in [-0.15, -0.1) is 0 Å². The molecule has 2 N–H and O–H groups in total. The average molecular weight is 284 g/mol. The minimum atomic E-state index is -0.273. The molecule has 3 atom stereocenters. The minimum Gasteiger partial charge on any atom is -0.327 e. The molecule has 0 saturated heterocycles. The Morgan fingerprint density at radius 2 is 2.16 bits per heavy atom. The van der Waals surface area contributed by atoms with E-state index in [1.807, 2.05) is 0 Å². The lowest BCUT2D eigenvalue weighted by Gasteiger charge is -2.34. The molecule has 3 heteroatoms. The highest BCUT2D eigenvalue weighted by Gasteiger charge is 2.28. The zero-order chi connectivity index (χ0) is 13.8. The normalized spacial score (nSPS) is 27.5. The molecule has 1 saturated carbocycles. The van der Waals surface area contributed by atoms with Crippen LogP contribution in [-0.2, 0) is 6.42 Å². The van der Waals surface area contributed by atoms with E-state index in [2.05, 4.69) is 6.92 Å². The van der Waals surface area contributed by atoms with Gasteiger partial charge in [0.2, 0.25) is 0 Å². The maximum Gasteiger partial charge on any atom is 0.124 e. The molecule has 0 aromatic heterocycles. The lowest BCUT2D eigenvalue weighted by molar-refractivity contribution is 0.221. The maximum atomic E-state index is 13.1. The van der Waals surface area contributed by atoms with Gasteiger partial charge in [-0.25, -0.2) is 4.39 Å². The van der Waals surface area contributed by atoms with Crippen molar-refractivity contribution in [3.8, 4) is 0 Å². The highest BCUT2D eigenvalue weighted by atomic mass is 35.5. The zero-order valence-electron chi connectivity index (χ0n) is 11.5. The van der Waals surface area contributed by atoms with Gasteiger partial charge in [-0.05, 0) is 55.2 Å². The quantitative estimate of drug-likeness (QED) is 0.861. The molecule has 1 aromatic rings. The van der Waals surface area contributed by atoms with E-state index in [-0.39, 0.29) is 11.9 Å². The van der Waals surface area contributed by atoms with Crippen LogP contribution in [0.25, 0.3) is 0 Å². The molecule has 0 radical (unpaired) electrons. The van der Waals surface area contributed by atoms with E-state index in [0.717, 1.165) is 24.3 Å². The molecule has 0 bridgehead atoms. The Balaban J connectivity index is 2.03. The molecule has 19 heavy (non-hydrogen) atoms. The van der Waals surface area contributed by atoms with Crippen molar-refractivity contribution >= 4 is 11.6 Å². The number of benzene rings is 1. The van der Waals surface area contributed by atoms with Crippen LogP contribution in [0.1, 0.15) is 44.6 Å². The van der Waals surface area contributed by atoms with Gasteiger partial charge >= 0.3 is 0 Å². The topological polar surface area (TPSA) is 26.0 Å². The van der Waals surface area contributed by atoms with Crippen LogP contribution in [-0.4, -0.2) is 6.04 Å². The van der Waals surface area contributed by atoms with Gasteiger partial charge < -0.3 is 5.73 Å². The Kier molecular flexibility index (Phi) is 5.23. The van der Waals surface area contributed by atoms with Crippen LogP contribution < -0.4 is 5.73 Å². The van der Waals surface area contributed by atoms with E-state index in [9.17, 15) is 4.39 Å². The fourth-order valence-corrected chi connectivity index (χ4v) is 3.50. The summed E-state index contributed by atoms with van der Waals surface area (Å²) in [6.07, 6.45) is 6.95. The van der Waals surface area contributed by atoms with Crippen molar-refractivity contribution in [3.05, 3.63) is 34.6 Å². The van der Waals surface area contributed by atoms with Gasteiger partial charge in [0.25, 0.3) is 0 Å². The summed E-state index contributed by atoms with van der Waals surface area (Å²) in [5.41, 5.74) is 7.28. The van der Waals surface area contributed by atoms with Crippen LogP contribution >= 0.6 is 11.6 Å². The first-order valence-corrected chi connectivity index (χ1v) is 7.67. The predicted molar refractivity (Wildman–Crippen MR) is 78.8 cm³/mol. The fourth-order valence-electron chi connectivity index (χ4n) is 3.26. The average Bonchev–Trinajstić information content (AvgIpc) is 2.37. The van der Waals surface area contributed by atoms with Gasteiger partial charge in [-0.3, -0.25) is 0 Å². The van der Waals surface area contributed by atoms with Gasteiger partial charge in [0, 0.05) is 11.1 Å². The summed E-state index contributed by atoms with van der Waals surface area (Å²) in [5, 5.41) is 0.532. The van der Waals surface area contributed by atoms with E-state index >= 15 is 0 Å². The van der Waals surface area contributed by atoms with Gasteiger partial charge in [0.15, 0.2) is 0 Å². The van der Waals surface area contributed by atoms with E-state index in [4.69, 9.17) is 17.3 Å². The highest BCUT2D eigenvalue weighted by molar-refractivity contribution is 6.31.